The number of benzene rings is 3. The normalized spacial score (nSPS) is 12.0. The lowest BCUT2D eigenvalue weighted by molar-refractivity contribution is -0.140. The van der Waals surface area contributed by atoms with Crippen molar-refractivity contribution in [3.8, 4) is 0 Å². The van der Waals surface area contributed by atoms with Gasteiger partial charge in [0.05, 0.1) is 15.6 Å². The highest BCUT2D eigenvalue weighted by atomic mass is 35.5. The summed E-state index contributed by atoms with van der Waals surface area (Å²) in [4.78, 5) is 28.4. The zero-order valence-corrected chi connectivity index (χ0v) is 23.6. The van der Waals surface area contributed by atoms with Crippen molar-refractivity contribution in [3.05, 3.63) is 94.5 Å². The van der Waals surface area contributed by atoms with Crippen molar-refractivity contribution in [3.63, 3.8) is 0 Å². The Bertz CT molecular complexity index is 1340. The molecule has 0 fully saturated rings. The van der Waals surface area contributed by atoms with Crippen LogP contribution in [-0.2, 0) is 26.2 Å². The van der Waals surface area contributed by atoms with Crippen molar-refractivity contribution in [2.24, 2.45) is 0 Å². The molecule has 0 radical (unpaired) electrons. The van der Waals surface area contributed by atoms with Gasteiger partial charge in [-0.3, -0.25) is 13.9 Å². The van der Waals surface area contributed by atoms with Crippen molar-refractivity contribution < 1.29 is 18.0 Å². The predicted octanol–water partition coefficient (Wildman–Crippen LogP) is 5.52. The third-order valence-corrected chi connectivity index (χ3v) is 8.23. The van der Waals surface area contributed by atoms with Crippen molar-refractivity contribution in [1.29, 1.82) is 0 Å². The lowest BCUT2D eigenvalue weighted by atomic mass is 10.1. The summed E-state index contributed by atoms with van der Waals surface area (Å²) in [7, 11) is -4.20. The Morgan fingerprint density at radius 1 is 0.921 bits per heavy atom. The highest BCUT2D eigenvalue weighted by molar-refractivity contribution is 7.92. The lowest BCUT2D eigenvalue weighted by Crippen LogP contribution is -2.52. The molecule has 1 atom stereocenters. The minimum Gasteiger partial charge on any atom is -0.354 e. The molecule has 0 aliphatic heterocycles. The van der Waals surface area contributed by atoms with E-state index in [1.165, 1.54) is 35.2 Å². The molecule has 0 aromatic heterocycles. The smallest absolute Gasteiger partial charge is 0.264 e. The molecule has 0 aliphatic rings. The highest BCUT2D eigenvalue weighted by Gasteiger charge is 2.34. The molecule has 2 amide bonds. The molecule has 38 heavy (non-hydrogen) atoms. The van der Waals surface area contributed by atoms with E-state index in [-0.39, 0.29) is 28.1 Å². The van der Waals surface area contributed by atoms with E-state index in [4.69, 9.17) is 23.2 Å². The Kier molecular flexibility index (Phi) is 10.6. The zero-order valence-electron chi connectivity index (χ0n) is 21.3. The fourth-order valence-corrected chi connectivity index (χ4v) is 6.00. The maximum absolute atomic E-state index is 13.9. The number of rotatable bonds is 12. The van der Waals surface area contributed by atoms with E-state index in [0.29, 0.717) is 18.0 Å². The monoisotopic (exact) mass is 575 g/mol. The molecule has 7 nitrogen and oxygen atoms in total. The second-order valence-electron chi connectivity index (χ2n) is 8.64. The second-order valence-corrected chi connectivity index (χ2v) is 11.3. The van der Waals surface area contributed by atoms with Crippen LogP contribution in [0.2, 0.25) is 10.0 Å². The van der Waals surface area contributed by atoms with E-state index in [2.05, 4.69) is 5.32 Å². The Labute approximate surface area is 234 Å². The maximum Gasteiger partial charge on any atom is 0.264 e. The molecule has 0 aliphatic carbocycles. The number of nitrogens with one attached hydrogen (secondary N) is 1. The van der Waals surface area contributed by atoms with Crippen LogP contribution in [0.1, 0.15) is 32.3 Å². The summed E-state index contributed by atoms with van der Waals surface area (Å²) >= 11 is 12.5. The second kappa shape index (κ2) is 13.6. The van der Waals surface area contributed by atoms with Gasteiger partial charge >= 0.3 is 0 Å². The third-order valence-electron chi connectivity index (χ3n) is 5.92. The van der Waals surface area contributed by atoms with Crippen molar-refractivity contribution in [1.82, 2.24) is 10.2 Å². The van der Waals surface area contributed by atoms with Gasteiger partial charge in [-0.1, -0.05) is 85.6 Å². The molecule has 0 saturated carbocycles. The van der Waals surface area contributed by atoms with E-state index in [1.807, 2.05) is 44.2 Å². The van der Waals surface area contributed by atoms with Crippen molar-refractivity contribution in [2.75, 3.05) is 17.4 Å². The Balaban J connectivity index is 2.06. The number of halogens is 2. The summed E-state index contributed by atoms with van der Waals surface area (Å²) in [6, 6.07) is 20.7. The summed E-state index contributed by atoms with van der Waals surface area (Å²) in [6.45, 7) is 3.79. The Morgan fingerprint density at radius 2 is 1.55 bits per heavy atom. The molecule has 0 bridgehead atoms. The van der Waals surface area contributed by atoms with Crippen LogP contribution in [-0.4, -0.2) is 44.3 Å². The maximum atomic E-state index is 13.9. The summed E-state index contributed by atoms with van der Waals surface area (Å²) in [5.41, 5.74) is 0.918. The average molecular weight is 577 g/mol. The van der Waals surface area contributed by atoms with E-state index in [9.17, 15) is 18.0 Å². The van der Waals surface area contributed by atoms with Gasteiger partial charge in [-0.15, -0.1) is 0 Å². The Hall–Kier alpha value is -3.07. The summed E-state index contributed by atoms with van der Waals surface area (Å²) in [5.74, 6) is -0.835. The molecule has 10 heteroatoms. The van der Waals surface area contributed by atoms with E-state index in [0.717, 1.165) is 16.3 Å². The van der Waals surface area contributed by atoms with Gasteiger partial charge in [-0.05, 0) is 48.7 Å². The van der Waals surface area contributed by atoms with Crippen molar-refractivity contribution >= 4 is 50.7 Å². The summed E-state index contributed by atoms with van der Waals surface area (Å²) < 4.78 is 28.5. The molecule has 202 valence electrons. The first-order chi connectivity index (χ1) is 18.2. The highest BCUT2D eigenvalue weighted by Crippen LogP contribution is 2.33. The van der Waals surface area contributed by atoms with Crippen molar-refractivity contribution in [2.45, 2.75) is 44.2 Å². The minimum absolute atomic E-state index is 0.00107. The van der Waals surface area contributed by atoms with Crippen LogP contribution in [0.3, 0.4) is 0 Å². The molecule has 1 N–H and O–H groups in total. The topological polar surface area (TPSA) is 86.8 Å². The molecule has 0 heterocycles. The molecule has 3 aromatic rings. The van der Waals surface area contributed by atoms with Crippen LogP contribution in [0.25, 0.3) is 0 Å². The molecular formula is C28H31Cl2N3O4S. The van der Waals surface area contributed by atoms with Gasteiger partial charge in [0.1, 0.15) is 12.6 Å². The van der Waals surface area contributed by atoms with Gasteiger partial charge in [0.25, 0.3) is 10.0 Å². The predicted molar refractivity (Wildman–Crippen MR) is 152 cm³/mol. The average Bonchev–Trinajstić information content (AvgIpc) is 2.91. The van der Waals surface area contributed by atoms with Crippen LogP contribution in [0, 0.1) is 0 Å². The number of hydrogen-bond acceptors (Lipinski definition) is 4. The number of amides is 2. The number of nitrogens with zero attached hydrogens (tertiary/aromatic N) is 2. The van der Waals surface area contributed by atoms with Gasteiger partial charge in [-0.2, -0.15) is 0 Å². The van der Waals surface area contributed by atoms with E-state index < -0.39 is 28.5 Å². The summed E-state index contributed by atoms with van der Waals surface area (Å²) in [5, 5.41) is 3.26. The zero-order chi connectivity index (χ0) is 27.7. The summed E-state index contributed by atoms with van der Waals surface area (Å²) in [6.07, 6.45) is 1.09. The van der Waals surface area contributed by atoms with Crippen LogP contribution in [0.4, 0.5) is 5.69 Å². The fraction of sp³-hybridized carbons (Fsp3) is 0.286. The standard InChI is InChI=1S/C28H31Cl2N3O4S/c1-3-17-31-28(35)25(4-2)32(19-21-11-7-5-8-12-21)27(34)20-33(26-16-15-22(29)18-24(26)30)38(36,37)23-13-9-6-10-14-23/h5-16,18,25H,3-4,17,19-20H2,1-2H3,(H,31,35)/t25-/m0/s1. The largest absolute Gasteiger partial charge is 0.354 e. The van der Waals surface area contributed by atoms with Gasteiger partial charge in [0.2, 0.25) is 11.8 Å². The van der Waals surface area contributed by atoms with E-state index >= 15 is 0 Å². The van der Waals surface area contributed by atoms with Gasteiger partial charge in [0, 0.05) is 18.1 Å². The first-order valence-corrected chi connectivity index (χ1v) is 14.5. The SMILES string of the molecule is CCCNC(=O)[C@H](CC)N(Cc1ccccc1)C(=O)CN(c1ccc(Cl)cc1Cl)S(=O)(=O)c1ccccc1. The lowest BCUT2D eigenvalue weighted by Gasteiger charge is -2.33. The number of carbonyl (C=O) groups is 2. The number of hydrogen-bond donors (Lipinski definition) is 1. The van der Waals surface area contributed by atoms with Gasteiger partial charge in [-0.25, -0.2) is 8.42 Å². The van der Waals surface area contributed by atoms with Crippen LogP contribution in [0.15, 0.2) is 83.8 Å². The number of carbonyl (C=O) groups excluding carboxylic acids is 2. The van der Waals surface area contributed by atoms with Gasteiger partial charge < -0.3 is 10.2 Å². The van der Waals surface area contributed by atoms with Crippen LogP contribution in [0.5, 0.6) is 0 Å². The first kappa shape index (κ1) is 29.5. The molecule has 0 unspecified atom stereocenters. The number of sulfonamides is 1. The minimum atomic E-state index is -4.20. The molecule has 0 spiro atoms. The van der Waals surface area contributed by atoms with E-state index in [1.54, 1.807) is 18.2 Å². The third kappa shape index (κ3) is 7.28. The molecule has 3 aromatic carbocycles. The fourth-order valence-electron chi connectivity index (χ4n) is 3.98. The van der Waals surface area contributed by atoms with Gasteiger partial charge in [0.15, 0.2) is 0 Å². The quantitative estimate of drug-likeness (QED) is 0.308. The molecular weight excluding hydrogens is 545 g/mol. The number of anilines is 1. The molecule has 0 saturated heterocycles. The van der Waals surface area contributed by atoms with Crippen LogP contribution >= 0.6 is 23.2 Å². The molecule has 3 rings (SSSR count). The van der Waals surface area contributed by atoms with Crippen LogP contribution < -0.4 is 9.62 Å². The first-order valence-electron chi connectivity index (χ1n) is 12.3. The Morgan fingerprint density at radius 3 is 2.13 bits per heavy atom.